The summed E-state index contributed by atoms with van der Waals surface area (Å²) in [6, 6.07) is 5.20. The minimum atomic E-state index is -0.769. The van der Waals surface area contributed by atoms with Crippen molar-refractivity contribution in [1.29, 1.82) is 0 Å². The number of anilines is 1. The molecule has 0 atom stereocenters. The molecule has 1 aliphatic carbocycles. The highest BCUT2D eigenvalue weighted by Crippen LogP contribution is 2.30. The van der Waals surface area contributed by atoms with Gasteiger partial charge in [0.25, 0.3) is 11.5 Å². The van der Waals surface area contributed by atoms with Crippen LogP contribution in [-0.2, 0) is 6.42 Å². The number of carbonyl (C=O) groups is 1. The average Bonchev–Trinajstić information content (AvgIpc) is 3.07. The predicted octanol–water partition coefficient (Wildman–Crippen LogP) is 3.19. The van der Waals surface area contributed by atoms with Gasteiger partial charge in [0.15, 0.2) is 0 Å². The molecular formula is C23H28N4O4. The van der Waals surface area contributed by atoms with Crippen molar-refractivity contribution in [3.8, 4) is 5.75 Å². The van der Waals surface area contributed by atoms with Crippen LogP contribution in [0.25, 0.3) is 5.65 Å². The first kappa shape index (κ1) is 21.1. The van der Waals surface area contributed by atoms with Gasteiger partial charge in [-0.1, -0.05) is 0 Å². The topological polar surface area (TPSA) is 97.9 Å². The summed E-state index contributed by atoms with van der Waals surface area (Å²) < 4.78 is 8.90. The van der Waals surface area contributed by atoms with Crippen LogP contribution >= 0.6 is 0 Å². The Balaban J connectivity index is 1.60. The molecule has 0 spiro atoms. The van der Waals surface area contributed by atoms with Crippen molar-refractivity contribution in [3.63, 3.8) is 0 Å². The third kappa shape index (κ3) is 4.49. The lowest BCUT2D eigenvalue weighted by Gasteiger charge is -2.27. The third-order valence-electron chi connectivity index (χ3n) is 5.75. The number of nitrogens with one attached hydrogen (secondary N) is 1. The third-order valence-corrected chi connectivity index (χ3v) is 5.75. The maximum absolute atomic E-state index is 12.9. The Labute approximate surface area is 180 Å². The molecule has 1 fully saturated rings. The molecule has 3 heterocycles. The highest BCUT2D eigenvalue weighted by Gasteiger charge is 2.23. The van der Waals surface area contributed by atoms with Crippen molar-refractivity contribution in [2.24, 2.45) is 0 Å². The molecule has 2 N–H and O–H groups in total. The van der Waals surface area contributed by atoms with E-state index >= 15 is 0 Å². The Hall–Kier alpha value is -3.13. The molecule has 164 valence electrons. The number of fused-ring (bicyclic) bond motifs is 1. The summed E-state index contributed by atoms with van der Waals surface area (Å²) >= 11 is 0. The predicted molar refractivity (Wildman–Crippen MR) is 118 cm³/mol. The number of nitrogens with zero attached hydrogens (tertiary/aromatic N) is 3. The molecule has 0 radical (unpaired) electrons. The number of aromatic nitrogens is 3. The van der Waals surface area contributed by atoms with Crippen molar-refractivity contribution in [2.75, 3.05) is 12.4 Å². The molecule has 0 saturated heterocycles. The van der Waals surface area contributed by atoms with Crippen LogP contribution in [0.15, 0.2) is 41.6 Å². The van der Waals surface area contributed by atoms with E-state index in [9.17, 15) is 14.7 Å². The number of rotatable bonds is 7. The van der Waals surface area contributed by atoms with Gasteiger partial charge in [0, 0.05) is 30.7 Å². The zero-order chi connectivity index (χ0) is 22.2. The maximum atomic E-state index is 12.9. The first-order chi connectivity index (χ1) is 14.7. The minimum absolute atomic E-state index is 0.105. The fraction of sp³-hybridized carbons (Fsp3) is 0.435. The van der Waals surface area contributed by atoms with E-state index in [0.717, 1.165) is 25.0 Å². The lowest BCUT2D eigenvalue weighted by atomic mass is 9.92. The SMILES string of the molecule is COc1cc2nc(CCC(C)(C)O)cn2cc1NC(=O)c1cccn(C2CCC2)c1=O. The molecular weight excluding hydrogens is 396 g/mol. The molecule has 8 nitrogen and oxygen atoms in total. The number of carbonyl (C=O) groups excluding carboxylic acids is 1. The Morgan fingerprint density at radius 1 is 1.35 bits per heavy atom. The summed E-state index contributed by atoms with van der Waals surface area (Å²) in [7, 11) is 1.52. The van der Waals surface area contributed by atoms with Gasteiger partial charge < -0.3 is 24.1 Å². The van der Waals surface area contributed by atoms with Crippen LogP contribution in [0.3, 0.4) is 0 Å². The van der Waals surface area contributed by atoms with Gasteiger partial charge in [-0.25, -0.2) is 4.98 Å². The highest BCUT2D eigenvalue weighted by atomic mass is 16.5. The smallest absolute Gasteiger partial charge is 0.263 e. The summed E-state index contributed by atoms with van der Waals surface area (Å²) in [5.41, 5.74) is 1.01. The van der Waals surface area contributed by atoms with Crippen LogP contribution in [0.2, 0.25) is 0 Å². The van der Waals surface area contributed by atoms with E-state index in [0.29, 0.717) is 29.9 Å². The van der Waals surface area contributed by atoms with Crippen LogP contribution in [0.5, 0.6) is 5.75 Å². The fourth-order valence-corrected chi connectivity index (χ4v) is 3.71. The molecule has 1 amide bonds. The Kier molecular flexibility index (Phi) is 5.58. The molecule has 8 heteroatoms. The second-order valence-electron chi connectivity index (χ2n) is 8.74. The first-order valence-corrected chi connectivity index (χ1v) is 10.6. The highest BCUT2D eigenvalue weighted by molar-refractivity contribution is 6.04. The van der Waals surface area contributed by atoms with Crippen molar-refractivity contribution >= 4 is 17.2 Å². The zero-order valence-corrected chi connectivity index (χ0v) is 18.1. The van der Waals surface area contributed by atoms with Crippen molar-refractivity contribution < 1.29 is 14.6 Å². The van der Waals surface area contributed by atoms with Gasteiger partial charge in [-0.3, -0.25) is 9.59 Å². The standard InChI is InChI=1S/C23H28N4O4/c1-23(2,30)10-9-15-13-26-14-18(19(31-3)12-20(26)24-15)25-21(28)17-8-5-11-27(22(17)29)16-6-4-7-16/h5,8,11-14,16,30H,4,6-7,9-10H2,1-3H3,(H,25,28). The second kappa shape index (κ2) is 8.19. The van der Waals surface area contributed by atoms with E-state index in [2.05, 4.69) is 10.3 Å². The van der Waals surface area contributed by atoms with E-state index < -0.39 is 11.5 Å². The molecule has 4 rings (SSSR count). The number of aliphatic hydroxyl groups is 1. The van der Waals surface area contributed by atoms with Crippen molar-refractivity contribution in [1.82, 2.24) is 14.0 Å². The Morgan fingerprint density at radius 2 is 2.13 bits per heavy atom. The molecule has 0 unspecified atom stereocenters. The van der Waals surface area contributed by atoms with E-state index in [1.807, 2.05) is 6.20 Å². The summed E-state index contributed by atoms with van der Waals surface area (Å²) in [6.07, 6.45) is 9.57. The van der Waals surface area contributed by atoms with E-state index in [-0.39, 0.29) is 17.2 Å². The number of aryl methyl sites for hydroxylation is 1. The van der Waals surface area contributed by atoms with Gasteiger partial charge in [0.1, 0.15) is 22.6 Å². The molecule has 1 saturated carbocycles. The molecule has 0 aliphatic heterocycles. The summed E-state index contributed by atoms with van der Waals surface area (Å²) in [5, 5.41) is 12.8. The largest absolute Gasteiger partial charge is 0.494 e. The molecule has 31 heavy (non-hydrogen) atoms. The first-order valence-electron chi connectivity index (χ1n) is 10.6. The number of amides is 1. The van der Waals surface area contributed by atoms with Crippen molar-refractivity contribution in [3.05, 3.63) is 58.4 Å². The van der Waals surface area contributed by atoms with Gasteiger partial charge >= 0.3 is 0 Å². The van der Waals surface area contributed by atoms with Gasteiger partial charge in [0.2, 0.25) is 0 Å². The lowest BCUT2D eigenvalue weighted by Crippen LogP contribution is -2.33. The summed E-state index contributed by atoms with van der Waals surface area (Å²) in [4.78, 5) is 30.3. The number of ether oxygens (including phenoxy) is 1. The zero-order valence-electron chi connectivity index (χ0n) is 18.1. The fourth-order valence-electron chi connectivity index (χ4n) is 3.71. The van der Waals surface area contributed by atoms with E-state index in [4.69, 9.17) is 4.74 Å². The van der Waals surface area contributed by atoms with Gasteiger partial charge in [-0.2, -0.15) is 0 Å². The Bertz CT molecular complexity index is 1170. The lowest BCUT2D eigenvalue weighted by molar-refractivity contribution is 0.0711. The normalized spacial score (nSPS) is 14.5. The van der Waals surface area contributed by atoms with Crippen LogP contribution in [0.1, 0.15) is 61.6 Å². The quantitative estimate of drug-likeness (QED) is 0.607. The van der Waals surface area contributed by atoms with Gasteiger partial charge in [-0.15, -0.1) is 0 Å². The number of imidazole rings is 1. The van der Waals surface area contributed by atoms with E-state index in [1.54, 1.807) is 53.4 Å². The van der Waals surface area contributed by atoms with Crippen LogP contribution in [0.4, 0.5) is 5.69 Å². The van der Waals surface area contributed by atoms with Crippen molar-refractivity contribution in [2.45, 2.75) is 57.6 Å². The number of methoxy groups -OCH3 is 1. The van der Waals surface area contributed by atoms with E-state index in [1.165, 1.54) is 7.11 Å². The molecule has 0 bridgehead atoms. The van der Waals surface area contributed by atoms with Crippen LogP contribution in [0, 0.1) is 0 Å². The molecule has 3 aromatic rings. The molecule has 1 aliphatic rings. The number of hydrogen-bond donors (Lipinski definition) is 2. The molecule has 0 aromatic carbocycles. The van der Waals surface area contributed by atoms with Crippen LogP contribution < -0.4 is 15.6 Å². The minimum Gasteiger partial charge on any atom is -0.494 e. The number of hydrogen-bond acceptors (Lipinski definition) is 5. The maximum Gasteiger partial charge on any atom is 0.263 e. The van der Waals surface area contributed by atoms with Gasteiger partial charge in [-0.05, 0) is 58.1 Å². The average molecular weight is 425 g/mol. The Morgan fingerprint density at radius 3 is 2.77 bits per heavy atom. The summed E-state index contributed by atoms with van der Waals surface area (Å²) in [6.45, 7) is 3.53. The summed E-state index contributed by atoms with van der Waals surface area (Å²) in [5.74, 6) is -0.0190. The van der Waals surface area contributed by atoms with Gasteiger partial charge in [0.05, 0.1) is 18.4 Å². The monoisotopic (exact) mass is 424 g/mol. The number of pyridine rings is 2. The second-order valence-corrected chi connectivity index (χ2v) is 8.74. The van der Waals surface area contributed by atoms with Crippen LogP contribution in [-0.4, -0.2) is 37.7 Å². The molecule has 3 aromatic heterocycles.